The molecule has 0 amide bonds. The first kappa shape index (κ1) is 21.9. The predicted octanol–water partition coefficient (Wildman–Crippen LogP) is 2.79. The van der Waals surface area contributed by atoms with Crippen LogP contribution in [0.25, 0.3) is 0 Å². The minimum Gasteiger partial charge on any atom is -0.494 e. The van der Waals surface area contributed by atoms with Gasteiger partial charge in [0.15, 0.2) is 0 Å². The van der Waals surface area contributed by atoms with Gasteiger partial charge in [-0.15, -0.1) is 0 Å². The number of nitrogens with one attached hydrogen (secondary N) is 3. The van der Waals surface area contributed by atoms with Gasteiger partial charge in [0.1, 0.15) is 23.2 Å². The number of benzene rings is 1. The number of unbranched alkanes of at least 4 members (excludes halogenated alkanes) is 1. The van der Waals surface area contributed by atoms with Crippen LogP contribution < -0.4 is 20.1 Å². The highest BCUT2D eigenvalue weighted by atomic mass is 32.2. The van der Waals surface area contributed by atoms with E-state index >= 15 is 0 Å². The highest BCUT2D eigenvalue weighted by Gasteiger charge is 2.13. The SMILES string of the molecule is CCCCOc1ccc(S(=O)(=O)NCCNc2cc(NCC)nc(C)n2)cc1. The van der Waals surface area contributed by atoms with Gasteiger partial charge in [-0.25, -0.2) is 23.1 Å². The van der Waals surface area contributed by atoms with Gasteiger partial charge >= 0.3 is 0 Å². The number of hydrogen-bond acceptors (Lipinski definition) is 7. The van der Waals surface area contributed by atoms with E-state index in [2.05, 4.69) is 32.2 Å². The lowest BCUT2D eigenvalue weighted by Gasteiger charge is -2.11. The first-order chi connectivity index (χ1) is 13.4. The second kappa shape index (κ2) is 10.8. The van der Waals surface area contributed by atoms with Crippen molar-refractivity contribution in [3.05, 3.63) is 36.2 Å². The zero-order valence-corrected chi connectivity index (χ0v) is 17.5. The molecule has 0 aliphatic heterocycles. The number of anilines is 2. The van der Waals surface area contributed by atoms with Crippen LogP contribution in [0.2, 0.25) is 0 Å². The zero-order chi connectivity index (χ0) is 20.4. The van der Waals surface area contributed by atoms with Crippen LogP contribution in [0.4, 0.5) is 11.6 Å². The third-order valence-electron chi connectivity index (χ3n) is 3.82. The monoisotopic (exact) mass is 407 g/mol. The molecule has 154 valence electrons. The lowest BCUT2D eigenvalue weighted by molar-refractivity contribution is 0.309. The molecule has 0 saturated heterocycles. The summed E-state index contributed by atoms with van der Waals surface area (Å²) in [6.07, 6.45) is 2.02. The van der Waals surface area contributed by atoms with Gasteiger partial charge in [0, 0.05) is 25.7 Å². The number of aromatic nitrogens is 2. The van der Waals surface area contributed by atoms with Gasteiger partial charge in [-0.05, 0) is 44.5 Å². The lowest BCUT2D eigenvalue weighted by Crippen LogP contribution is -2.29. The maximum Gasteiger partial charge on any atom is 0.240 e. The van der Waals surface area contributed by atoms with E-state index in [0.29, 0.717) is 30.5 Å². The molecule has 8 nitrogen and oxygen atoms in total. The van der Waals surface area contributed by atoms with Crippen molar-refractivity contribution in [2.24, 2.45) is 0 Å². The fourth-order valence-electron chi connectivity index (χ4n) is 2.44. The molecule has 0 saturated carbocycles. The summed E-state index contributed by atoms with van der Waals surface area (Å²) >= 11 is 0. The Morgan fingerprint density at radius 3 is 2.32 bits per heavy atom. The standard InChI is InChI=1S/C19H29N5O3S/c1-4-6-13-27-16-7-9-17(10-8-16)28(25,26)22-12-11-21-19-14-18(20-5-2)23-15(3)24-19/h7-10,14,22H,4-6,11-13H2,1-3H3,(H2,20,21,23,24). The molecule has 0 bridgehead atoms. The van der Waals surface area contributed by atoms with Crippen molar-refractivity contribution in [1.29, 1.82) is 0 Å². The Kier molecular flexibility index (Phi) is 8.46. The largest absolute Gasteiger partial charge is 0.494 e. The van der Waals surface area contributed by atoms with Gasteiger partial charge in [-0.2, -0.15) is 0 Å². The molecule has 1 aromatic carbocycles. The number of ether oxygens (including phenoxy) is 1. The van der Waals surface area contributed by atoms with Gasteiger partial charge < -0.3 is 15.4 Å². The Balaban J connectivity index is 1.84. The number of rotatable bonds is 12. The smallest absolute Gasteiger partial charge is 0.240 e. The second-order valence-electron chi connectivity index (χ2n) is 6.21. The Morgan fingerprint density at radius 1 is 1.00 bits per heavy atom. The van der Waals surface area contributed by atoms with Crippen LogP contribution in [0.15, 0.2) is 35.2 Å². The van der Waals surface area contributed by atoms with Crippen LogP contribution in [0, 0.1) is 6.92 Å². The highest BCUT2D eigenvalue weighted by molar-refractivity contribution is 7.89. The molecule has 0 radical (unpaired) electrons. The minimum atomic E-state index is -3.57. The summed E-state index contributed by atoms with van der Waals surface area (Å²) < 4.78 is 32.9. The summed E-state index contributed by atoms with van der Waals surface area (Å²) in [5, 5.41) is 6.24. The molecule has 9 heteroatoms. The molecule has 3 N–H and O–H groups in total. The van der Waals surface area contributed by atoms with Crippen molar-refractivity contribution in [2.75, 3.05) is 36.9 Å². The van der Waals surface area contributed by atoms with E-state index in [-0.39, 0.29) is 11.4 Å². The normalized spacial score (nSPS) is 11.2. The molecule has 1 aromatic heterocycles. The van der Waals surface area contributed by atoms with Gasteiger partial charge in [0.25, 0.3) is 0 Å². The first-order valence-electron chi connectivity index (χ1n) is 9.50. The quantitative estimate of drug-likeness (QED) is 0.465. The number of aryl methyl sites for hydroxylation is 1. The maximum atomic E-state index is 12.4. The molecule has 2 rings (SSSR count). The lowest BCUT2D eigenvalue weighted by atomic mass is 10.3. The Hall–Kier alpha value is -2.39. The van der Waals surface area contributed by atoms with E-state index in [9.17, 15) is 8.42 Å². The van der Waals surface area contributed by atoms with Gasteiger partial charge in [-0.1, -0.05) is 13.3 Å². The van der Waals surface area contributed by atoms with Crippen LogP contribution in [0.5, 0.6) is 5.75 Å². The van der Waals surface area contributed by atoms with Crippen molar-refractivity contribution in [3.63, 3.8) is 0 Å². The summed E-state index contributed by atoms with van der Waals surface area (Å²) in [6.45, 7) is 7.92. The van der Waals surface area contributed by atoms with Crippen molar-refractivity contribution in [1.82, 2.24) is 14.7 Å². The molecule has 0 fully saturated rings. The van der Waals surface area contributed by atoms with Gasteiger partial charge in [0.2, 0.25) is 10.0 Å². The van der Waals surface area contributed by atoms with E-state index in [1.165, 1.54) is 0 Å². The third kappa shape index (κ3) is 6.97. The molecule has 0 aliphatic rings. The fraction of sp³-hybridized carbons (Fsp3) is 0.474. The van der Waals surface area contributed by atoms with Crippen LogP contribution in [-0.2, 0) is 10.0 Å². The number of hydrogen-bond donors (Lipinski definition) is 3. The summed E-state index contributed by atoms with van der Waals surface area (Å²) in [4.78, 5) is 8.78. The van der Waals surface area contributed by atoms with E-state index in [0.717, 1.165) is 25.2 Å². The Bertz CT molecular complexity index is 841. The van der Waals surface area contributed by atoms with Crippen molar-refractivity contribution < 1.29 is 13.2 Å². The molecule has 1 heterocycles. The highest BCUT2D eigenvalue weighted by Crippen LogP contribution is 2.16. The average Bonchev–Trinajstić information content (AvgIpc) is 2.66. The summed E-state index contributed by atoms with van der Waals surface area (Å²) in [6, 6.07) is 8.24. The maximum absolute atomic E-state index is 12.4. The van der Waals surface area contributed by atoms with Crippen molar-refractivity contribution >= 4 is 21.7 Å². The molecular weight excluding hydrogens is 378 g/mol. The van der Waals surface area contributed by atoms with Crippen LogP contribution >= 0.6 is 0 Å². The molecule has 0 aliphatic carbocycles. The topological polar surface area (TPSA) is 105 Å². The summed E-state index contributed by atoms with van der Waals surface area (Å²) in [5.41, 5.74) is 0. The molecule has 0 atom stereocenters. The van der Waals surface area contributed by atoms with E-state index in [1.807, 2.05) is 13.8 Å². The Labute approximate surface area is 167 Å². The van der Waals surface area contributed by atoms with E-state index < -0.39 is 10.0 Å². The fourth-order valence-corrected chi connectivity index (χ4v) is 3.47. The van der Waals surface area contributed by atoms with Crippen LogP contribution in [0.1, 0.15) is 32.5 Å². The Morgan fingerprint density at radius 2 is 1.68 bits per heavy atom. The van der Waals surface area contributed by atoms with E-state index in [1.54, 1.807) is 30.3 Å². The van der Waals surface area contributed by atoms with E-state index in [4.69, 9.17) is 4.74 Å². The van der Waals surface area contributed by atoms with Crippen molar-refractivity contribution in [3.8, 4) is 5.75 Å². The summed E-state index contributed by atoms with van der Waals surface area (Å²) in [7, 11) is -3.57. The van der Waals surface area contributed by atoms with Gasteiger partial charge in [0.05, 0.1) is 11.5 Å². The minimum absolute atomic E-state index is 0.211. The van der Waals surface area contributed by atoms with Crippen LogP contribution in [0.3, 0.4) is 0 Å². The summed E-state index contributed by atoms with van der Waals surface area (Å²) in [5.74, 6) is 2.70. The molecule has 2 aromatic rings. The zero-order valence-electron chi connectivity index (χ0n) is 16.7. The van der Waals surface area contributed by atoms with Crippen molar-refractivity contribution in [2.45, 2.75) is 38.5 Å². The average molecular weight is 408 g/mol. The third-order valence-corrected chi connectivity index (χ3v) is 5.30. The van der Waals surface area contributed by atoms with Gasteiger partial charge in [-0.3, -0.25) is 0 Å². The predicted molar refractivity (Wildman–Crippen MR) is 111 cm³/mol. The first-order valence-corrected chi connectivity index (χ1v) is 11.0. The molecular formula is C19H29N5O3S. The number of sulfonamides is 1. The number of nitrogens with zero attached hydrogens (tertiary/aromatic N) is 2. The molecule has 0 spiro atoms. The van der Waals surface area contributed by atoms with Crippen LogP contribution in [-0.4, -0.2) is 44.6 Å². The molecule has 0 unspecified atom stereocenters. The second-order valence-corrected chi connectivity index (χ2v) is 7.98. The molecule has 28 heavy (non-hydrogen) atoms.